The summed E-state index contributed by atoms with van der Waals surface area (Å²) in [5.41, 5.74) is 1.84. The Morgan fingerprint density at radius 3 is 2.30 bits per heavy atom. The highest BCUT2D eigenvalue weighted by Crippen LogP contribution is 2.29. The van der Waals surface area contributed by atoms with Crippen molar-refractivity contribution in [1.82, 2.24) is 0 Å². The molecule has 0 spiro atoms. The zero-order valence-electron chi connectivity index (χ0n) is 18.1. The van der Waals surface area contributed by atoms with E-state index in [1.165, 1.54) is 6.08 Å². The molecule has 1 amide bonds. The van der Waals surface area contributed by atoms with Gasteiger partial charge in [0, 0.05) is 11.8 Å². The van der Waals surface area contributed by atoms with E-state index in [4.69, 9.17) is 14.2 Å². The van der Waals surface area contributed by atoms with Crippen molar-refractivity contribution in [2.45, 2.75) is 33.8 Å². The van der Waals surface area contributed by atoms with Crippen molar-refractivity contribution < 1.29 is 23.8 Å². The fourth-order valence-corrected chi connectivity index (χ4v) is 2.51. The quantitative estimate of drug-likeness (QED) is 0.467. The number of ether oxygens (including phenoxy) is 3. The van der Waals surface area contributed by atoms with Crippen molar-refractivity contribution in [1.29, 1.82) is 0 Å². The second-order valence-corrected chi connectivity index (χ2v) is 7.47. The van der Waals surface area contributed by atoms with Gasteiger partial charge in [0.2, 0.25) is 5.91 Å². The molecule has 0 heterocycles. The molecule has 30 heavy (non-hydrogen) atoms. The van der Waals surface area contributed by atoms with Crippen molar-refractivity contribution in [3.8, 4) is 11.5 Å². The minimum Gasteiger partial charge on any atom is -0.493 e. The van der Waals surface area contributed by atoms with E-state index < -0.39 is 0 Å². The van der Waals surface area contributed by atoms with E-state index in [9.17, 15) is 9.59 Å². The van der Waals surface area contributed by atoms with Crippen LogP contribution in [0, 0.1) is 5.92 Å². The Morgan fingerprint density at radius 2 is 1.70 bits per heavy atom. The number of nitrogens with one attached hydrogen (secondary N) is 1. The Hall–Kier alpha value is -3.28. The average Bonchev–Trinajstić information content (AvgIpc) is 2.71. The van der Waals surface area contributed by atoms with Gasteiger partial charge in [0.05, 0.1) is 25.4 Å². The highest BCUT2D eigenvalue weighted by molar-refractivity contribution is 6.02. The zero-order chi connectivity index (χ0) is 22.1. The number of carbonyl (C=O) groups excluding carboxylic acids is 2. The molecule has 1 N–H and O–H groups in total. The van der Waals surface area contributed by atoms with Gasteiger partial charge in [-0.25, -0.2) is 4.79 Å². The fraction of sp³-hybridized carbons (Fsp3) is 0.333. The predicted molar refractivity (Wildman–Crippen MR) is 118 cm³/mol. The van der Waals surface area contributed by atoms with Crippen LogP contribution in [0.25, 0.3) is 6.08 Å². The molecule has 0 fully saturated rings. The van der Waals surface area contributed by atoms with E-state index in [1.807, 2.05) is 39.8 Å². The Balaban J connectivity index is 1.96. The van der Waals surface area contributed by atoms with Gasteiger partial charge in [0.15, 0.2) is 11.5 Å². The van der Waals surface area contributed by atoms with Crippen LogP contribution in [-0.4, -0.2) is 31.7 Å². The number of anilines is 1. The maximum absolute atomic E-state index is 12.2. The Kier molecular flexibility index (Phi) is 8.47. The molecule has 0 aromatic heterocycles. The molecule has 0 aliphatic carbocycles. The number of hydrogen-bond acceptors (Lipinski definition) is 5. The molecule has 2 aromatic rings. The van der Waals surface area contributed by atoms with E-state index in [0.29, 0.717) is 29.4 Å². The number of carbonyl (C=O) groups is 2. The van der Waals surface area contributed by atoms with E-state index in [0.717, 1.165) is 5.56 Å². The SMILES string of the molecule is COc1cc(/C=C/C(=O)Nc2ccc(C(=O)OCC(C)C)cc2)ccc1OC(C)C. The topological polar surface area (TPSA) is 73.9 Å². The van der Waals surface area contributed by atoms with Crippen molar-refractivity contribution in [2.24, 2.45) is 5.92 Å². The summed E-state index contributed by atoms with van der Waals surface area (Å²) in [5, 5.41) is 2.76. The van der Waals surface area contributed by atoms with Gasteiger partial charge in [-0.3, -0.25) is 4.79 Å². The molecule has 6 nitrogen and oxygen atoms in total. The van der Waals surface area contributed by atoms with Crippen molar-refractivity contribution >= 4 is 23.6 Å². The van der Waals surface area contributed by atoms with Crippen LogP contribution < -0.4 is 14.8 Å². The molecule has 6 heteroatoms. The highest BCUT2D eigenvalue weighted by Gasteiger charge is 2.09. The lowest BCUT2D eigenvalue weighted by molar-refractivity contribution is -0.111. The number of hydrogen-bond donors (Lipinski definition) is 1. The third kappa shape index (κ3) is 7.28. The molecule has 0 aliphatic rings. The molecule has 0 atom stereocenters. The second-order valence-electron chi connectivity index (χ2n) is 7.47. The summed E-state index contributed by atoms with van der Waals surface area (Å²) in [6, 6.07) is 12.0. The van der Waals surface area contributed by atoms with Crippen LogP contribution in [0.1, 0.15) is 43.6 Å². The third-order valence-corrected chi connectivity index (χ3v) is 3.91. The van der Waals surface area contributed by atoms with Gasteiger partial charge in [-0.05, 0) is 67.8 Å². The van der Waals surface area contributed by atoms with E-state index in [2.05, 4.69) is 5.32 Å². The molecule has 0 saturated carbocycles. The van der Waals surface area contributed by atoms with Gasteiger partial charge in [0.25, 0.3) is 0 Å². The van der Waals surface area contributed by atoms with Crippen LogP contribution in [-0.2, 0) is 9.53 Å². The maximum atomic E-state index is 12.2. The van der Waals surface area contributed by atoms with Gasteiger partial charge in [-0.15, -0.1) is 0 Å². The Morgan fingerprint density at radius 1 is 1.00 bits per heavy atom. The lowest BCUT2D eigenvalue weighted by Crippen LogP contribution is -2.11. The van der Waals surface area contributed by atoms with Crippen LogP contribution >= 0.6 is 0 Å². The number of methoxy groups -OCH3 is 1. The summed E-state index contributed by atoms with van der Waals surface area (Å²) >= 11 is 0. The first-order valence-corrected chi connectivity index (χ1v) is 9.89. The number of rotatable bonds is 9. The van der Waals surface area contributed by atoms with Crippen LogP contribution in [0.2, 0.25) is 0 Å². The van der Waals surface area contributed by atoms with Crippen LogP contribution in [0.5, 0.6) is 11.5 Å². The monoisotopic (exact) mass is 411 g/mol. The van der Waals surface area contributed by atoms with Crippen molar-refractivity contribution in [3.63, 3.8) is 0 Å². The summed E-state index contributed by atoms with van der Waals surface area (Å²) in [6.45, 7) is 8.21. The molecule has 160 valence electrons. The van der Waals surface area contributed by atoms with Gasteiger partial charge >= 0.3 is 5.97 Å². The Bertz CT molecular complexity index is 885. The third-order valence-electron chi connectivity index (χ3n) is 3.91. The maximum Gasteiger partial charge on any atom is 0.338 e. The number of esters is 1. The van der Waals surface area contributed by atoms with E-state index in [-0.39, 0.29) is 23.9 Å². The predicted octanol–water partition coefficient (Wildman–Crippen LogP) is 4.95. The van der Waals surface area contributed by atoms with Gasteiger partial charge in [-0.1, -0.05) is 19.9 Å². The first-order chi connectivity index (χ1) is 14.3. The summed E-state index contributed by atoms with van der Waals surface area (Å²) in [6.07, 6.45) is 3.16. The molecular weight excluding hydrogens is 382 g/mol. The molecular formula is C24H29NO5. The van der Waals surface area contributed by atoms with E-state index >= 15 is 0 Å². The lowest BCUT2D eigenvalue weighted by Gasteiger charge is -2.13. The Labute approximate surface area is 177 Å². The smallest absolute Gasteiger partial charge is 0.338 e. The van der Waals surface area contributed by atoms with Gasteiger partial charge in [-0.2, -0.15) is 0 Å². The van der Waals surface area contributed by atoms with Crippen LogP contribution in [0.4, 0.5) is 5.69 Å². The molecule has 2 rings (SSSR count). The normalized spacial score (nSPS) is 11.0. The average molecular weight is 411 g/mol. The van der Waals surface area contributed by atoms with Crippen LogP contribution in [0.3, 0.4) is 0 Å². The van der Waals surface area contributed by atoms with E-state index in [1.54, 1.807) is 43.5 Å². The summed E-state index contributed by atoms with van der Waals surface area (Å²) in [5.74, 6) is 0.873. The molecule has 0 aliphatic heterocycles. The molecule has 0 radical (unpaired) electrons. The molecule has 0 unspecified atom stereocenters. The van der Waals surface area contributed by atoms with Crippen molar-refractivity contribution in [2.75, 3.05) is 19.0 Å². The van der Waals surface area contributed by atoms with Gasteiger partial charge < -0.3 is 19.5 Å². The lowest BCUT2D eigenvalue weighted by atomic mass is 10.1. The van der Waals surface area contributed by atoms with Crippen molar-refractivity contribution in [3.05, 3.63) is 59.7 Å². The first kappa shape index (κ1) is 23.0. The largest absolute Gasteiger partial charge is 0.493 e. The summed E-state index contributed by atoms with van der Waals surface area (Å²) in [7, 11) is 1.57. The minimum atomic E-state index is -0.375. The molecule has 2 aromatic carbocycles. The minimum absolute atomic E-state index is 0.0366. The standard InChI is InChI=1S/C24H29NO5/c1-16(2)15-29-24(27)19-8-10-20(11-9-19)25-23(26)13-7-18-6-12-21(30-17(3)4)22(14-18)28-5/h6-14,16-17H,15H2,1-5H3,(H,25,26)/b13-7+. The number of benzene rings is 2. The molecule has 0 bridgehead atoms. The highest BCUT2D eigenvalue weighted by atomic mass is 16.5. The molecule has 0 saturated heterocycles. The second kappa shape index (κ2) is 11.0. The van der Waals surface area contributed by atoms with Crippen LogP contribution in [0.15, 0.2) is 48.5 Å². The fourth-order valence-electron chi connectivity index (χ4n) is 2.51. The summed E-state index contributed by atoms with van der Waals surface area (Å²) < 4.78 is 16.2. The van der Waals surface area contributed by atoms with Gasteiger partial charge in [0.1, 0.15) is 0 Å². The zero-order valence-corrected chi connectivity index (χ0v) is 18.1. The number of amides is 1. The first-order valence-electron chi connectivity index (χ1n) is 9.89. The summed E-state index contributed by atoms with van der Waals surface area (Å²) in [4.78, 5) is 24.1.